The van der Waals surface area contributed by atoms with Crippen LogP contribution in [0, 0.1) is 13.8 Å². The van der Waals surface area contributed by atoms with Gasteiger partial charge < -0.3 is 9.64 Å². The van der Waals surface area contributed by atoms with Gasteiger partial charge in [0.05, 0.1) is 23.9 Å². The van der Waals surface area contributed by atoms with E-state index in [0.717, 1.165) is 24.5 Å². The van der Waals surface area contributed by atoms with Crippen molar-refractivity contribution in [3.63, 3.8) is 0 Å². The summed E-state index contributed by atoms with van der Waals surface area (Å²) >= 11 is 0. The van der Waals surface area contributed by atoms with Crippen molar-refractivity contribution in [1.29, 1.82) is 0 Å². The zero-order chi connectivity index (χ0) is 18.7. The Labute approximate surface area is 155 Å². The molecule has 0 bridgehead atoms. The number of nitrogens with zero attached hydrogens (tertiary/aromatic N) is 2. The summed E-state index contributed by atoms with van der Waals surface area (Å²) in [6.45, 7) is 5.59. The van der Waals surface area contributed by atoms with Gasteiger partial charge in [0.15, 0.2) is 0 Å². The second-order valence-electron chi connectivity index (χ2n) is 6.65. The van der Waals surface area contributed by atoms with Crippen LogP contribution < -0.4 is 14.4 Å². The molecule has 1 fully saturated rings. The molecule has 1 saturated heterocycles. The molecule has 1 aliphatic rings. The van der Waals surface area contributed by atoms with Crippen LogP contribution in [0.5, 0.6) is 5.75 Å². The number of nitrogens with one attached hydrogen (secondary N) is 1. The van der Waals surface area contributed by atoms with Crippen LogP contribution in [0.3, 0.4) is 0 Å². The first-order chi connectivity index (χ1) is 12.4. The van der Waals surface area contributed by atoms with Crippen molar-refractivity contribution < 1.29 is 13.2 Å². The normalized spacial score (nSPS) is 15.0. The molecule has 2 aromatic rings. The van der Waals surface area contributed by atoms with Crippen LogP contribution in [-0.4, -0.2) is 33.6 Å². The summed E-state index contributed by atoms with van der Waals surface area (Å²) in [5, 5.41) is 0. The topological polar surface area (TPSA) is 71.5 Å². The van der Waals surface area contributed by atoms with E-state index in [9.17, 15) is 8.42 Å². The third-order valence-electron chi connectivity index (χ3n) is 4.66. The lowest BCUT2D eigenvalue weighted by molar-refractivity contribution is 0.411. The number of methoxy groups -OCH3 is 1. The van der Waals surface area contributed by atoms with E-state index in [2.05, 4.69) is 14.6 Å². The van der Waals surface area contributed by atoms with Gasteiger partial charge in [-0.15, -0.1) is 0 Å². The number of aromatic nitrogens is 1. The summed E-state index contributed by atoms with van der Waals surface area (Å²) in [7, 11) is -2.12. The van der Waals surface area contributed by atoms with Crippen molar-refractivity contribution in [2.24, 2.45) is 0 Å². The number of hydrogen-bond acceptors (Lipinski definition) is 5. The maximum absolute atomic E-state index is 12.8. The second kappa shape index (κ2) is 7.53. The number of aryl methyl sites for hydroxylation is 2. The molecule has 26 heavy (non-hydrogen) atoms. The molecule has 0 spiro atoms. The molecule has 2 heterocycles. The number of benzene rings is 1. The van der Waals surface area contributed by atoms with Crippen molar-refractivity contribution in [2.75, 3.05) is 29.8 Å². The van der Waals surface area contributed by atoms with E-state index in [1.54, 1.807) is 38.4 Å². The molecule has 6 nitrogen and oxygen atoms in total. The minimum absolute atomic E-state index is 0.246. The van der Waals surface area contributed by atoms with Gasteiger partial charge in [-0.2, -0.15) is 0 Å². The van der Waals surface area contributed by atoms with E-state index >= 15 is 0 Å². The van der Waals surface area contributed by atoms with E-state index in [1.165, 1.54) is 19.3 Å². The van der Waals surface area contributed by atoms with Crippen LogP contribution in [0.4, 0.5) is 11.5 Å². The van der Waals surface area contributed by atoms with Gasteiger partial charge in [-0.3, -0.25) is 4.72 Å². The van der Waals surface area contributed by atoms with Crippen LogP contribution in [-0.2, 0) is 10.0 Å². The number of anilines is 2. The zero-order valence-corrected chi connectivity index (χ0v) is 16.3. The standard InChI is InChI=1S/C19H25N3O3S/c1-14-12-18(15(2)11-17(14)25-3)26(23,24)21-16-7-8-19(20-13-16)22-9-5-4-6-10-22/h7-8,11-13,21H,4-6,9-10H2,1-3H3. The Bertz CT molecular complexity index is 874. The molecule has 140 valence electrons. The summed E-state index contributed by atoms with van der Waals surface area (Å²) in [4.78, 5) is 6.91. The largest absolute Gasteiger partial charge is 0.496 e. The van der Waals surface area contributed by atoms with Crippen molar-refractivity contribution >= 4 is 21.5 Å². The molecular weight excluding hydrogens is 350 g/mol. The molecule has 1 aliphatic heterocycles. The van der Waals surface area contributed by atoms with E-state index in [4.69, 9.17) is 4.74 Å². The van der Waals surface area contributed by atoms with Crippen LogP contribution in [0.1, 0.15) is 30.4 Å². The average Bonchev–Trinajstić information content (AvgIpc) is 2.64. The van der Waals surface area contributed by atoms with Gasteiger partial charge >= 0.3 is 0 Å². The lowest BCUT2D eigenvalue weighted by atomic mass is 10.1. The Hall–Kier alpha value is -2.28. The van der Waals surface area contributed by atoms with Crippen molar-refractivity contribution in [3.8, 4) is 5.75 Å². The Morgan fingerprint density at radius 1 is 1.08 bits per heavy atom. The SMILES string of the molecule is COc1cc(C)c(S(=O)(=O)Nc2ccc(N3CCCCC3)nc2)cc1C. The summed E-state index contributed by atoms with van der Waals surface area (Å²) in [5.74, 6) is 1.57. The molecule has 0 saturated carbocycles. The van der Waals surface area contributed by atoms with Gasteiger partial charge in [-0.05, 0) is 68.5 Å². The molecule has 0 radical (unpaired) electrons. The molecule has 0 amide bonds. The van der Waals surface area contributed by atoms with E-state index in [-0.39, 0.29) is 4.90 Å². The predicted molar refractivity (Wildman–Crippen MR) is 104 cm³/mol. The van der Waals surface area contributed by atoms with Gasteiger partial charge in [-0.1, -0.05) is 0 Å². The fourth-order valence-electron chi connectivity index (χ4n) is 3.24. The van der Waals surface area contributed by atoms with Crippen LogP contribution in [0.25, 0.3) is 0 Å². The first-order valence-electron chi connectivity index (χ1n) is 8.80. The Balaban J connectivity index is 1.80. The monoisotopic (exact) mass is 375 g/mol. The van der Waals surface area contributed by atoms with Crippen LogP contribution in [0.2, 0.25) is 0 Å². The summed E-state index contributed by atoms with van der Waals surface area (Å²) < 4.78 is 33.4. The molecule has 0 unspecified atom stereocenters. The first kappa shape index (κ1) is 18.5. The van der Waals surface area contributed by atoms with E-state index in [1.807, 2.05) is 13.0 Å². The highest BCUT2D eigenvalue weighted by Gasteiger charge is 2.19. The number of ether oxygens (including phenoxy) is 1. The number of rotatable bonds is 5. The van der Waals surface area contributed by atoms with Crippen molar-refractivity contribution in [1.82, 2.24) is 4.98 Å². The third kappa shape index (κ3) is 3.93. The summed E-state index contributed by atoms with van der Waals surface area (Å²) in [6.07, 6.45) is 5.18. The fraction of sp³-hybridized carbons (Fsp3) is 0.421. The Morgan fingerprint density at radius 2 is 1.81 bits per heavy atom. The van der Waals surface area contributed by atoms with Gasteiger partial charge in [0.25, 0.3) is 10.0 Å². The smallest absolute Gasteiger partial charge is 0.262 e. The number of piperidine rings is 1. The highest BCUT2D eigenvalue weighted by molar-refractivity contribution is 7.92. The quantitative estimate of drug-likeness (QED) is 0.866. The first-order valence-corrected chi connectivity index (χ1v) is 10.3. The molecule has 1 N–H and O–H groups in total. The van der Waals surface area contributed by atoms with Crippen LogP contribution in [0.15, 0.2) is 35.4 Å². The van der Waals surface area contributed by atoms with E-state index < -0.39 is 10.0 Å². The molecular formula is C19H25N3O3S. The van der Waals surface area contributed by atoms with Crippen LogP contribution >= 0.6 is 0 Å². The predicted octanol–water partition coefficient (Wildman–Crippen LogP) is 3.50. The molecule has 7 heteroatoms. The second-order valence-corrected chi connectivity index (χ2v) is 8.30. The van der Waals surface area contributed by atoms with Crippen molar-refractivity contribution in [2.45, 2.75) is 38.0 Å². The van der Waals surface area contributed by atoms with Gasteiger partial charge in [0.2, 0.25) is 0 Å². The molecule has 1 aromatic carbocycles. The van der Waals surface area contributed by atoms with Gasteiger partial charge in [-0.25, -0.2) is 13.4 Å². The average molecular weight is 375 g/mol. The van der Waals surface area contributed by atoms with E-state index in [0.29, 0.717) is 17.0 Å². The minimum atomic E-state index is -3.69. The minimum Gasteiger partial charge on any atom is -0.496 e. The Morgan fingerprint density at radius 3 is 2.42 bits per heavy atom. The molecule has 1 aromatic heterocycles. The lowest BCUT2D eigenvalue weighted by Gasteiger charge is -2.27. The lowest BCUT2D eigenvalue weighted by Crippen LogP contribution is -2.30. The maximum Gasteiger partial charge on any atom is 0.262 e. The molecule has 0 atom stereocenters. The van der Waals surface area contributed by atoms with Gasteiger partial charge in [0.1, 0.15) is 11.6 Å². The highest BCUT2D eigenvalue weighted by Crippen LogP contribution is 2.27. The molecule has 0 aliphatic carbocycles. The number of pyridine rings is 1. The summed E-state index contributed by atoms with van der Waals surface area (Å²) in [5.41, 5.74) is 1.87. The Kier molecular flexibility index (Phi) is 5.36. The number of hydrogen-bond donors (Lipinski definition) is 1. The number of sulfonamides is 1. The third-order valence-corrected chi connectivity index (χ3v) is 6.19. The molecule has 3 rings (SSSR count). The highest BCUT2D eigenvalue weighted by atomic mass is 32.2. The summed E-state index contributed by atoms with van der Waals surface area (Å²) in [6, 6.07) is 7.00. The van der Waals surface area contributed by atoms with Crippen molar-refractivity contribution in [3.05, 3.63) is 41.6 Å². The van der Waals surface area contributed by atoms with Gasteiger partial charge in [0, 0.05) is 13.1 Å². The fourth-order valence-corrected chi connectivity index (χ4v) is 4.60. The zero-order valence-electron chi connectivity index (χ0n) is 15.4. The maximum atomic E-state index is 12.8.